The first kappa shape index (κ1) is 20.3. The van der Waals surface area contributed by atoms with Crippen molar-refractivity contribution in [2.45, 2.75) is 59.0 Å². The van der Waals surface area contributed by atoms with Crippen LogP contribution in [0.5, 0.6) is 0 Å². The van der Waals surface area contributed by atoms with Crippen molar-refractivity contribution < 1.29 is 9.53 Å². The highest BCUT2D eigenvalue weighted by Crippen LogP contribution is 2.35. The first-order valence-corrected chi connectivity index (χ1v) is 10.6. The average molecular weight is 393 g/mol. The van der Waals surface area contributed by atoms with Crippen molar-refractivity contribution in [2.75, 3.05) is 31.1 Å². The normalized spacial score (nSPS) is 20.0. The first-order valence-electron chi connectivity index (χ1n) is 10.2. The Morgan fingerprint density at radius 2 is 1.59 bits per heavy atom. The van der Waals surface area contributed by atoms with Gasteiger partial charge in [0.1, 0.15) is 5.60 Å². The monoisotopic (exact) mass is 392 g/mol. The van der Waals surface area contributed by atoms with Gasteiger partial charge in [-0.3, -0.25) is 0 Å². The number of carbonyl (C=O) groups excluding carboxylic acids is 1. The van der Waals surface area contributed by atoms with Gasteiger partial charge in [0.25, 0.3) is 0 Å². The van der Waals surface area contributed by atoms with Crippen LogP contribution in [0, 0.1) is 18.8 Å². The lowest BCUT2D eigenvalue weighted by molar-refractivity contribution is 0.0152. The summed E-state index contributed by atoms with van der Waals surface area (Å²) >= 11 is 6.29. The van der Waals surface area contributed by atoms with Crippen LogP contribution in [0.15, 0.2) is 18.2 Å². The molecular formula is C22H33ClN2O2. The summed E-state index contributed by atoms with van der Waals surface area (Å²) in [7, 11) is 0. The van der Waals surface area contributed by atoms with Crippen molar-refractivity contribution in [3.63, 3.8) is 0 Å². The van der Waals surface area contributed by atoms with Gasteiger partial charge in [-0.1, -0.05) is 17.7 Å². The molecule has 2 aliphatic heterocycles. The molecule has 150 valence electrons. The molecule has 0 spiro atoms. The maximum absolute atomic E-state index is 12.2. The number of likely N-dealkylation sites (tertiary alicyclic amines) is 1. The zero-order valence-electron chi connectivity index (χ0n) is 17.1. The van der Waals surface area contributed by atoms with E-state index < -0.39 is 5.60 Å². The fraction of sp³-hybridized carbons (Fsp3) is 0.682. The van der Waals surface area contributed by atoms with Gasteiger partial charge in [0.2, 0.25) is 0 Å². The predicted molar refractivity (Wildman–Crippen MR) is 112 cm³/mol. The molecule has 0 bridgehead atoms. The van der Waals surface area contributed by atoms with E-state index in [4.69, 9.17) is 16.3 Å². The highest BCUT2D eigenvalue weighted by atomic mass is 35.5. The second-order valence-corrected chi connectivity index (χ2v) is 9.42. The second-order valence-electron chi connectivity index (χ2n) is 9.01. The van der Waals surface area contributed by atoms with Crippen LogP contribution in [0.1, 0.15) is 52.0 Å². The summed E-state index contributed by atoms with van der Waals surface area (Å²) in [4.78, 5) is 16.6. The van der Waals surface area contributed by atoms with Crippen LogP contribution < -0.4 is 4.90 Å². The van der Waals surface area contributed by atoms with Crippen molar-refractivity contribution in [3.05, 3.63) is 28.8 Å². The van der Waals surface area contributed by atoms with Crippen LogP contribution in [-0.2, 0) is 4.74 Å². The van der Waals surface area contributed by atoms with Crippen LogP contribution in [0.3, 0.4) is 0 Å². The molecule has 0 radical (unpaired) electrons. The Hall–Kier alpha value is -1.42. The summed E-state index contributed by atoms with van der Waals surface area (Å²) in [5.74, 6) is 1.49. The van der Waals surface area contributed by atoms with Gasteiger partial charge >= 0.3 is 6.09 Å². The summed E-state index contributed by atoms with van der Waals surface area (Å²) in [6.07, 6.45) is 4.49. The minimum atomic E-state index is -0.417. The number of hydrogen-bond acceptors (Lipinski definition) is 3. The van der Waals surface area contributed by atoms with Crippen LogP contribution in [0.2, 0.25) is 5.02 Å². The third-order valence-corrected chi connectivity index (χ3v) is 6.39. The topological polar surface area (TPSA) is 32.8 Å². The van der Waals surface area contributed by atoms with Crippen LogP contribution >= 0.6 is 11.6 Å². The molecule has 0 aliphatic carbocycles. The van der Waals surface area contributed by atoms with Gasteiger partial charge in [0.15, 0.2) is 0 Å². The number of rotatable bonds is 2. The smallest absolute Gasteiger partial charge is 0.410 e. The molecule has 0 unspecified atom stereocenters. The molecule has 5 heteroatoms. The van der Waals surface area contributed by atoms with E-state index in [0.717, 1.165) is 55.9 Å². The number of hydrogen-bond donors (Lipinski definition) is 0. The van der Waals surface area contributed by atoms with E-state index >= 15 is 0 Å². The molecule has 1 aromatic rings. The van der Waals surface area contributed by atoms with Crippen molar-refractivity contribution in [3.8, 4) is 0 Å². The lowest BCUT2D eigenvalue weighted by Gasteiger charge is -2.41. The van der Waals surface area contributed by atoms with E-state index in [-0.39, 0.29) is 6.09 Å². The van der Waals surface area contributed by atoms with Crippen molar-refractivity contribution in [1.82, 2.24) is 4.90 Å². The first-order chi connectivity index (χ1) is 12.7. The fourth-order valence-corrected chi connectivity index (χ4v) is 4.60. The molecule has 2 heterocycles. The summed E-state index contributed by atoms with van der Waals surface area (Å²) < 4.78 is 5.51. The molecule has 0 atom stereocenters. The Balaban J connectivity index is 1.48. The third-order valence-electron chi connectivity index (χ3n) is 5.98. The minimum Gasteiger partial charge on any atom is -0.444 e. The lowest BCUT2D eigenvalue weighted by atomic mass is 9.78. The fourth-order valence-electron chi connectivity index (χ4n) is 4.43. The Bertz CT molecular complexity index is 655. The number of piperidine rings is 2. The van der Waals surface area contributed by atoms with Gasteiger partial charge < -0.3 is 14.5 Å². The van der Waals surface area contributed by atoms with E-state index in [9.17, 15) is 4.79 Å². The van der Waals surface area contributed by atoms with Crippen LogP contribution in [-0.4, -0.2) is 42.8 Å². The summed E-state index contributed by atoms with van der Waals surface area (Å²) in [6.45, 7) is 11.7. The van der Waals surface area contributed by atoms with E-state index in [1.807, 2.05) is 37.8 Å². The van der Waals surface area contributed by atoms with Gasteiger partial charge in [-0.25, -0.2) is 4.79 Å². The second kappa shape index (κ2) is 8.30. The molecule has 1 amide bonds. The van der Waals surface area contributed by atoms with Gasteiger partial charge in [-0.15, -0.1) is 0 Å². The molecule has 0 N–H and O–H groups in total. The molecule has 1 aromatic carbocycles. The third kappa shape index (κ3) is 5.10. The van der Waals surface area contributed by atoms with Crippen LogP contribution in [0.25, 0.3) is 0 Å². The van der Waals surface area contributed by atoms with E-state index in [1.54, 1.807) is 0 Å². The van der Waals surface area contributed by atoms with E-state index in [2.05, 4.69) is 17.9 Å². The molecule has 0 saturated carbocycles. The number of amides is 1. The Labute approximate surface area is 168 Å². The lowest BCUT2D eigenvalue weighted by Crippen LogP contribution is -2.44. The molecular weight excluding hydrogens is 360 g/mol. The number of halogens is 1. The van der Waals surface area contributed by atoms with Crippen molar-refractivity contribution >= 4 is 23.4 Å². The SMILES string of the molecule is Cc1c(Cl)cccc1N1CCC(C2CCN(C(=O)OC(C)(C)C)CC2)CC1. The summed E-state index contributed by atoms with van der Waals surface area (Å²) in [5.41, 5.74) is 2.04. The Morgan fingerprint density at radius 1 is 1.04 bits per heavy atom. The summed E-state index contributed by atoms with van der Waals surface area (Å²) in [5, 5.41) is 0.851. The molecule has 2 saturated heterocycles. The maximum atomic E-state index is 12.2. The average Bonchev–Trinajstić information content (AvgIpc) is 2.63. The molecule has 27 heavy (non-hydrogen) atoms. The quantitative estimate of drug-likeness (QED) is 0.665. The Kier molecular flexibility index (Phi) is 6.25. The molecule has 4 nitrogen and oxygen atoms in total. The molecule has 2 fully saturated rings. The van der Waals surface area contributed by atoms with Gasteiger partial charge in [-0.2, -0.15) is 0 Å². The van der Waals surface area contributed by atoms with Gasteiger partial charge in [-0.05, 0) is 82.9 Å². The molecule has 0 aromatic heterocycles. The molecule has 3 rings (SSSR count). The van der Waals surface area contributed by atoms with E-state index in [1.165, 1.54) is 24.1 Å². The van der Waals surface area contributed by atoms with E-state index in [0.29, 0.717) is 0 Å². The van der Waals surface area contributed by atoms with Crippen LogP contribution in [0.4, 0.5) is 10.5 Å². The molecule has 2 aliphatic rings. The van der Waals surface area contributed by atoms with Crippen molar-refractivity contribution in [2.24, 2.45) is 11.8 Å². The zero-order valence-corrected chi connectivity index (χ0v) is 17.9. The predicted octanol–water partition coefficient (Wildman–Crippen LogP) is 5.51. The van der Waals surface area contributed by atoms with Gasteiger partial charge in [0, 0.05) is 36.9 Å². The highest BCUT2D eigenvalue weighted by molar-refractivity contribution is 6.31. The number of anilines is 1. The number of carbonyl (C=O) groups is 1. The van der Waals surface area contributed by atoms with Crippen molar-refractivity contribution in [1.29, 1.82) is 0 Å². The maximum Gasteiger partial charge on any atom is 0.410 e. The largest absolute Gasteiger partial charge is 0.444 e. The standard InChI is InChI=1S/C22H33ClN2O2/c1-16-19(23)6-5-7-20(16)24-12-8-17(9-13-24)18-10-14-25(15-11-18)21(26)27-22(2,3)4/h5-7,17-18H,8-15H2,1-4H3. The van der Waals surface area contributed by atoms with Gasteiger partial charge in [0.05, 0.1) is 0 Å². The Morgan fingerprint density at radius 3 is 2.15 bits per heavy atom. The highest BCUT2D eigenvalue weighted by Gasteiger charge is 2.32. The zero-order chi connectivity index (χ0) is 19.6. The number of benzene rings is 1. The minimum absolute atomic E-state index is 0.160. The number of nitrogens with zero attached hydrogens (tertiary/aromatic N) is 2. The number of ether oxygens (including phenoxy) is 1. The summed E-state index contributed by atoms with van der Waals surface area (Å²) in [6, 6.07) is 6.19.